The summed E-state index contributed by atoms with van der Waals surface area (Å²) in [4.78, 5) is 6.71. The van der Waals surface area contributed by atoms with Gasteiger partial charge in [0, 0.05) is 45.2 Å². The third-order valence-corrected chi connectivity index (χ3v) is 7.28. The maximum Gasteiger partial charge on any atom is 0.0459 e. The number of halogens is 1. The van der Waals surface area contributed by atoms with E-state index in [1.54, 1.807) is 11.3 Å². The van der Waals surface area contributed by atoms with Crippen LogP contribution in [0.2, 0.25) is 0 Å². The highest BCUT2D eigenvalue weighted by Gasteiger charge is 2.48. The quantitative estimate of drug-likeness (QED) is 0.684. The van der Waals surface area contributed by atoms with Crippen molar-refractivity contribution in [3.63, 3.8) is 0 Å². The number of benzene rings is 1. The standard InChI is InChI=1S/C20H25IN2/c1-2-3-13-8-12-9-17-19-15(6-7-23(11-12)20(13)17)16-10-14(21)4-5-18(16)22-19/h4-5,10,12-13,17,20,22H,2-3,6-9,11H2,1H3. The zero-order chi connectivity index (χ0) is 15.6. The number of hydrogen-bond donors (Lipinski definition) is 1. The molecule has 2 nitrogen and oxygen atoms in total. The molecule has 4 heterocycles. The Labute approximate surface area is 152 Å². The van der Waals surface area contributed by atoms with Crippen molar-refractivity contribution in [1.29, 1.82) is 0 Å². The van der Waals surface area contributed by atoms with E-state index in [0.717, 1.165) is 23.8 Å². The molecule has 6 rings (SSSR count). The molecule has 1 saturated carbocycles. The zero-order valence-corrected chi connectivity index (χ0v) is 16.0. The van der Waals surface area contributed by atoms with Gasteiger partial charge < -0.3 is 4.98 Å². The molecule has 0 radical (unpaired) electrons. The second-order valence-corrected chi connectivity index (χ2v) is 9.18. The van der Waals surface area contributed by atoms with Crippen molar-refractivity contribution in [3.05, 3.63) is 33.0 Å². The molecule has 3 fully saturated rings. The lowest BCUT2D eigenvalue weighted by Crippen LogP contribution is -2.56. The molecular weight excluding hydrogens is 395 g/mol. The van der Waals surface area contributed by atoms with Gasteiger partial charge in [-0.2, -0.15) is 0 Å². The SMILES string of the molecule is CCCC1CC2CC3c4[nH]c5ccc(I)cc5c4CCN(C2)C13. The van der Waals surface area contributed by atoms with E-state index in [0.29, 0.717) is 0 Å². The van der Waals surface area contributed by atoms with Crippen LogP contribution < -0.4 is 0 Å². The normalized spacial score (nSPS) is 35.3. The topological polar surface area (TPSA) is 19.0 Å². The highest BCUT2D eigenvalue weighted by Crippen LogP contribution is 2.51. The molecule has 3 aliphatic heterocycles. The highest BCUT2D eigenvalue weighted by molar-refractivity contribution is 14.1. The van der Waals surface area contributed by atoms with E-state index in [1.165, 1.54) is 59.7 Å². The lowest BCUT2D eigenvalue weighted by molar-refractivity contribution is -0.0153. The summed E-state index contributed by atoms with van der Waals surface area (Å²) in [6.07, 6.45) is 6.89. The largest absolute Gasteiger partial charge is 0.358 e. The average molecular weight is 420 g/mol. The molecule has 4 aliphatic rings. The summed E-state index contributed by atoms with van der Waals surface area (Å²) in [5.74, 6) is 2.61. The molecule has 1 aromatic heterocycles. The van der Waals surface area contributed by atoms with Gasteiger partial charge in [0.25, 0.3) is 0 Å². The van der Waals surface area contributed by atoms with Crippen molar-refractivity contribution < 1.29 is 0 Å². The maximum atomic E-state index is 3.86. The molecule has 2 aromatic rings. The first kappa shape index (κ1) is 14.8. The van der Waals surface area contributed by atoms with Crippen LogP contribution in [-0.2, 0) is 6.42 Å². The van der Waals surface area contributed by atoms with Crippen molar-refractivity contribution in [1.82, 2.24) is 9.88 Å². The Balaban J connectivity index is 1.64. The van der Waals surface area contributed by atoms with E-state index < -0.39 is 0 Å². The summed E-state index contributed by atoms with van der Waals surface area (Å²) in [5, 5.41) is 1.49. The third kappa shape index (κ3) is 2.22. The number of aromatic nitrogens is 1. The van der Waals surface area contributed by atoms with Gasteiger partial charge in [-0.1, -0.05) is 13.3 Å². The monoisotopic (exact) mass is 420 g/mol. The minimum atomic E-state index is 0.751. The lowest BCUT2D eigenvalue weighted by Gasteiger charge is -2.53. The molecular formula is C20H25IN2. The second kappa shape index (κ2) is 5.48. The molecule has 1 N–H and O–H groups in total. The Bertz CT molecular complexity index is 749. The summed E-state index contributed by atoms with van der Waals surface area (Å²) in [6, 6.07) is 7.71. The van der Waals surface area contributed by atoms with Crippen molar-refractivity contribution in [2.45, 2.75) is 51.0 Å². The first-order chi connectivity index (χ1) is 11.2. The Morgan fingerprint density at radius 3 is 3.09 bits per heavy atom. The highest BCUT2D eigenvalue weighted by atomic mass is 127. The third-order valence-electron chi connectivity index (χ3n) is 6.61. The molecule has 3 heteroatoms. The number of hydrogen-bond acceptors (Lipinski definition) is 1. The fourth-order valence-electron chi connectivity index (χ4n) is 5.92. The van der Waals surface area contributed by atoms with E-state index in [9.17, 15) is 0 Å². The molecule has 0 spiro atoms. The molecule has 5 atom stereocenters. The van der Waals surface area contributed by atoms with E-state index in [4.69, 9.17) is 0 Å². The van der Waals surface area contributed by atoms with E-state index in [-0.39, 0.29) is 0 Å². The maximum absolute atomic E-state index is 3.86. The number of H-pyrrole nitrogens is 1. The number of nitrogens with zero attached hydrogens (tertiary/aromatic N) is 1. The molecule has 5 unspecified atom stereocenters. The summed E-state index contributed by atoms with van der Waals surface area (Å²) in [7, 11) is 0. The van der Waals surface area contributed by atoms with Crippen LogP contribution in [0.5, 0.6) is 0 Å². The predicted octanol–water partition coefficient (Wildman–Crippen LogP) is 4.92. The van der Waals surface area contributed by atoms with Gasteiger partial charge in [0.15, 0.2) is 0 Å². The Morgan fingerprint density at radius 1 is 1.30 bits per heavy atom. The van der Waals surface area contributed by atoms with Gasteiger partial charge in [-0.3, -0.25) is 4.90 Å². The van der Waals surface area contributed by atoms with Crippen molar-refractivity contribution >= 4 is 33.5 Å². The minimum Gasteiger partial charge on any atom is -0.358 e. The van der Waals surface area contributed by atoms with Gasteiger partial charge in [0.1, 0.15) is 0 Å². The van der Waals surface area contributed by atoms with E-state index >= 15 is 0 Å². The van der Waals surface area contributed by atoms with Crippen LogP contribution in [0.1, 0.15) is 49.8 Å². The van der Waals surface area contributed by atoms with Crippen LogP contribution in [0.25, 0.3) is 10.9 Å². The Kier molecular flexibility index (Phi) is 3.52. The molecule has 2 saturated heterocycles. The molecule has 1 aliphatic carbocycles. The number of aromatic amines is 1. The van der Waals surface area contributed by atoms with Crippen molar-refractivity contribution in [3.8, 4) is 0 Å². The van der Waals surface area contributed by atoms with E-state index in [1.807, 2.05) is 0 Å². The van der Waals surface area contributed by atoms with Crippen LogP contribution >= 0.6 is 22.6 Å². The predicted molar refractivity (Wildman–Crippen MR) is 104 cm³/mol. The Morgan fingerprint density at radius 2 is 2.22 bits per heavy atom. The van der Waals surface area contributed by atoms with Crippen LogP contribution in [0.3, 0.4) is 0 Å². The van der Waals surface area contributed by atoms with Crippen LogP contribution in [0, 0.1) is 15.4 Å². The smallest absolute Gasteiger partial charge is 0.0459 e. The Hall–Kier alpha value is -0.550. The number of nitrogens with one attached hydrogen (secondary N) is 1. The summed E-state index contributed by atoms with van der Waals surface area (Å²) < 4.78 is 1.36. The number of rotatable bonds is 2. The first-order valence-electron chi connectivity index (χ1n) is 9.28. The van der Waals surface area contributed by atoms with Crippen molar-refractivity contribution in [2.75, 3.05) is 13.1 Å². The number of piperidine rings is 2. The van der Waals surface area contributed by atoms with Crippen LogP contribution in [-0.4, -0.2) is 29.0 Å². The van der Waals surface area contributed by atoms with Gasteiger partial charge >= 0.3 is 0 Å². The van der Waals surface area contributed by atoms with Gasteiger partial charge in [-0.15, -0.1) is 0 Å². The summed E-state index contributed by atoms with van der Waals surface area (Å²) in [5.41, 5.74) is 4.59. The summed E-state index contributed by atoms with van der Waals surface area (Å²) in [6.45, 7) is 4.99. The fourth-order valence-corrected chi connectivity index (χ4v) is 6.41. The summed E-state index contributed by atoms with van der Waals surface area (Å²) >= 11 is 2.45. The number of fused-ring (bicyclic) bond motifs is 4. The van der Waals surface area contributed by atoms with E-state index in [2.05, 4.69) is 57.6 Å². The van der Waals surface area contributed by atoms with Crippen LogP contribution in [0.15, 0.2) is 18.2 Å². The van der Waals surface area contributed by atoms with Gasteiger partial charge in [0.2, 0.25) is 0 Å². The van der Waals surface area contributed by atoms with Crippen LogP contribution in [0.4, 0.5) is 0 Å². The molecule has 4 bridgehead atoms. The average Bonchev–Trinajstić information content (AvgIpc) is 2.85. The molecule has 1 aromatic carbocycles. The minimum absolute atomic E-state index is 0.751. The lowest BCUT2D eigenvalue weighted by atomic mass is 9.65. The zero-order valence-electron chi connectivity index (χ0n) is 13.8. The second-order valence-electron chi connectivity index (χ2n) is 7.94. The van der Waals surface area contributed by atoms with Gasteiger partial charge in [0.05, 0.1) is 0 Å². The van der Waals surface area contributed by atoms with Gasteiger partial charge in [-0.05, 0) is 83.9 Å². The van der Waals surface area contributed by atoms with Gasteiger partial charge in [-0.25, -0.2) is 0 Å². The molecule has 122 valence electrons. The van der Waals surface area contributed by atoms with Crippen molar-refractivity contribution in [2.24, 2.45) is 11.8 Å². The molecule has 23 heavy (non-hydrogen) atoms. The molecule has 0 amide bonds. The first-order valence-corrected chi connectivity index (χ1v) is 10.4. The fraction of sp³-hybridized carbons (Fsp3) is 0.600.